The van der Waals surface area contributed by atoms with Crippen LogP contribution in [0.2, 0.25) is 0 Å². The van der Waals surface area contributed by atoms with E-state index in [1.165, 1.54) is 20.0 Å². The van der Waals surface area contributed by atoms with Crippen LogP contribution in [0.15, 0.2) is 18.3 Å². The fourth-order valence-electron chi connectivity index (χ4n) is 2.95. The Balaban J connectivity index is 2.04. The predicted octanol–water partition coefficient (Wildman–Crippen LogP) is 1.73. The first-order chi connectivity index (χ1) is 10.2. The van der Waals surface area contributed by atoms with Crippen LogP contribution in [0, 0.1) is 0 Å². The van der Waals surface area contributed by atoms with Crippen molar-refractivity contribution in [2.24, 2.45) is 0 Å². The molecule has 0 spiro atoms. The fourth-order valence-corrected chi connectivity index (χ4v) is 2.95. The summed E-state index contributed by atoms with van der Waals surface area (Å²) in [7, 11) is 1.54. The summed E-state index contributed by atoms with van der Waals surface area (Å²) in [5.41, 5.74) is 0.580. The molecule has 1 aliphatic heterocycles. The number of methoxy groups -OCH3 is 1. The van der Waals surface area contributed by atoms with Gasteiger partial charge >= 0.3 is 5.97 Å². The lowest BCUT2D eigenvalue weighted by atomic mass is 10.0. The van der Waals surface area contributed by atoms with E-state index in [1.54, 1.807) is 6.07 Å². The summed E-state index contributed by atoms with van der Waals surface area (Å²) in [6.07, 6.45) is 6.07. The lowest BCUT2D eigenvalue weighted by Gasteiger charge is -2.22. The van der Waals surface area contributed by atoms with Gasteiger partial charge in [0.15, 0.2) is 5.69 Å². The Bertz CT molecular complexity index is 659. The maximum absolute atomic E-state index is 11.4. The molecule has 0 radical (unpaired) electrons. The molecule has 1 aliphatic rings. The SMILES string of the molecule is COc1cccn2c(CC3CCCCN3)nc(C(=O)O)c12. The molecule has 112 valence electrons. The molecule has 21 heavy (non-hydrogen) atoms. The number of pyridine rings is 1. The molecule has 3 heterocycles. The van der Waals surface area contributed by atoms with E-state index in [-0.39, 0.29) is 5.69 Å². The van der Waals surface area contributed by atoms with Crippen LogP contribution < -0.4 is 10.1 Å². The van der Waals surface area contributed by atoms with Crippen LogP contribution in [0.25, 0.3) is 5.52 Å². The van der Waals surface area contributed by atoms with Crippen molar-refractivity contribution in [1.29, 1.82) is 0 Å². The summed E-state index contributed by atoms with van der Waals surface area (Å²) in [5, 5.41) is 12.8. The molecule has 0 saturated carbocycles. The number of rotatable bonds is 4. The number of hydrogen-bond acceptors (Lipinski definition) is 4. The Morgan fingerprint density at radius 1 is 1.57 bits per heavy atom. The van der Waals surface area contributed by atoms with Crippen LogP contribution in [0.4, 0.5) is 0 Å². The second-order valence-corrected chi connectivity index (χ2v) is 5.33. The van der Waals surface area contributed by atoms with Gasteiger partial charge in [0, 0.05) is 18.7 Å². The van der Waals surface area contributed by atoms with E-state index in [1.807, 2.05) is 16.7 Å². The summed E-state index contributed by atoms with van der Waals surface area (Å²) in [4.78, 5) is 15.8. The zero-order valence-electron chi connectivity index (χ0n) is 12.0. The van der Waals surface area contributed by atoms with Crippen molar-refractivity contribution in [3.63, 3.8) is 0 Å². The highest BCUT2D eigenvalue weighted by Crippen LogP contribution is 2.25. The minimum Gasteiger partial charge on any atom is -0.494 e. The number of fused-ring (bicyclic) bond motifs is 1. The van der Waals surface area contributed by atoms with Gasteiger partial charge in [0.1, 0.15) is 17.1 Å². The summed E-state index contributed by atoms with van der Waals surface area (Å²) in [5.74, 6) is 0.269. The molecule has 1 fully saturated rings. The van der Waals surface area contributed by atoms with E-state index in [9.17, 15) is 9.90 Å². The van der Waals surface area contributed by atoms with Crippen LogP contribution in [-0.2, 0) is 6.42 Å². The normalized spacial score (nSPS) is 18.8. The Morgan fingerprint density at radius 3 is 3.10 bits per heavy atom. The van der Waals surface area contributed by atoms with Gasteiger partial charge in [-0.2, -0.15) is 0 Å². The second kappa shape index (κ2) is 5.73. The first-order valence-corrected chi connectivity index (χ1v) is 7.21. The quantitative estimate of drug-likeness (QED) is 0.896. The average molecular weight is 289 g/mol. The molecule has 0 aliphatic carbocycles. The van der Waals surface area contributed by atoms with Gasteiger partial charge < -0.3 is 15.2 Å². The molecule has 6 nitrogen and oxygen atoms in total. The van der Waals surface area contributed by atoms with E-state index in [0.717, 1.165) is 25.2 Å². The highest BCUT2D eigenvalue weighted by Gasteiger charge is 2.22. The predicted molar refractivity (Wildman–Crippen MR) is 78.0 cm³/mol. The van der Waals surface area contributed by atoms with Gasteiger partial charge in [0.25, 0.3) is 0 Å². The molecule has 2 aromatic rings. The van der Waals surface area contributed by atoms with Crippen molar-refractivity contribution in [2.75, 3.05) is 13.7 Å². The number of aromatic carboxylic acids is 1. The highest BCUT2D eigenvalue weighted by molar-refractivity contribution is 5.95. The number of ether oxygens (including phenoxy) is 1. The molecule has 3 rings (SSSR count). The molecule has 2 aromatic heterocycles. The molecule has 0 bridgehead atoms. The van der Waals surface area contributed by atoms with Gasteiger partial charge in [-0.3, -0.25) is 4.40 Å². The molecule has 1 saturated heterocycles. The number of aromatic nitrogens is 2. The first kappa shape index (κ1) is 13.9. The summed E-state index contributed by atoms with van der Waals surface area (Å²) in [6.45, 7) is 1.02. The number of hydrogen-bond donors (Lipinski definition) is 2. The number of nitrogens with one attached hydrogen (secondary N) is 1. The van der Waals surface area contributed by atoms with E-state index >= 15 is 0 Å². The van der Waals surface area contributed by atoms with Crippen molar-refractivity contribution in [1.82, 2.24) is 14.7 Å². The highest BCUT2D eigenvalue weighted by atomic mass is 16.5. The van der Waals surface area contributed by atoms with E-state index in [4.69, 9.17) is 4.74 Å². The van der Waals surface area contributed by atoms with E-state index in [0.29, 0.717) is 17.3 Å². The molecular weight excluding hydrogens is 270 g/mol. The Labute approximate surface area is 122 Å². The maximum Gasteiger partial charge on any atom is 0.356 e. The van der Waals surface area contributed by atoms with Gasteiger partial charge in [-0.05, 0) is 31.5 Å². The van der Waals surface area contributed by atoms with Crippen molar-refractivity contribution in [2.45, 2.75) is 31.7 Å². The number of carbonyl (C=O) groups is 1. The van der Waals surface area contributed by atoms with Gasteiger partial charge in [-0.1, -0.05) is 6.42 Å². The zero-order valence-corrected chi connectivity index (χ0v) is 12.0. The van der Waals surface area contributed by atoms with Crippen molar-refractivity contribution < 1.29 is 14.6 Å². The monoisotopic (exact) mass is 289 g/mol. The number of imidazole rings is 1. The smallest absolute Gasteiger partial charge is 0.356 e. The standard InChI is InChI=1S/C15H19N3O3/c1-21-11-6-4-8-18-12(9-10-5-2-3-7-16-10)17-13(14(11)18)15(19)20/h4,6,8,10,16H,2-3,5,7,9H2,1H3,(H,19,20). The lowest BCUT2D eigenvalue weighted by Crippen LogP contribution is -2.36. The van der Waals surface area contributed by atoms with Crippen LogP contribution in [0.3, 0.4) is 0 Å². The van der Waals surface area contributed by atoms with E-state index < -0.39 is 5.97 Å². The topological polar surface area (TPSA) is 75.9 Å². The zero-order chi connectivity index (χ0) is 14.8. The van der Waals surface area contributed by atoms with Crippen molar-refractivity contribution in [3.05, 3.63) is 29.8 Å². The lowest BCUT2D eigenvalue weighted by molar-refractivity contribution is 0.0693. The fraction of sp³-hybridized carbons (Fsp3) is 0.467. The van der Waals surface area contributed by atoms with E-state index in [2.05, 4.69) is 10.3 Å². The second-order valence-electron chi connectivity index (χ2n) is 5.33. The third-order valence-corrected chi connectivity index (χ3v) is 3.96. The molecular formula is C15H19N3O3. The molecule has 0 amide bonds. The number of nitrogens with zero attached hydrogens (tertiary/aromatic N) is 2. The summed E-state index contributed by atoms with van der Waals surface area (Å²) >= 11 is 0. The largest absolute Gasteiger partial charge is 0.494 e. The van der Waals surface area contributed by atoms with Crippen LogP contribution in [0.5, 0.6) is 5.75 Å². The minimum absolute atomic E-state index is 0.0539. The Morgan fingerprint density at radius 2 is 2.43 bits per heavy atom. The summed E-state index contributed by atoms with van der Waals surface area (Å²) in [6, 6.07) is 3.96. The minimum atomic E-state index is -1.03. The number of carboxylic acid groups (broad SMARTS) is 1. The molecule has 1 unspecified atom stereocenters. The number of carboxylic acids is 1. The first-order valence-electron chi connectivity index (χ1n) is 7.21. The van der Waals surface area contributed by atoms with Gasteiger partial charge in [-0.15, -0.1) is 0 Å². The third-order valence-electron chi connectivity index (χ3n) is 3.96. The van der Waals surface area contributed by atoms with Crippen LogP contribution in [-0.4, -0.2) is 40.2 Å². The molecule has 6 heteroatoms. The van der Waals surface area contributed by atoms with Crippen LogP contribution >= 0.6 is 0 Å². The maximum atomic E-state index is 11.4. The van der Waals surface area contributed by atoms with Gasteiger partial charge in [0.2, 0.25) is 0 Å². The Kier molecular flexibility index (Phi) is 3.79. The number of piperidine rings is 1. The van der Waals surface area contributed by atoms with Crippen molar-refractivity contribution in [3.8, 4) is 5.75 Å². The molecule has 0 aromatic carbocycles. The van der Waals surface area contributed by atoms with Gasteiger partial charge in [-0.25, -0.2) is 9.78 Å². The van der Waals surface area contributed by atoms with Crippen LogP contribution in [0.1, 0.15) is 35.6 Å². The third kappa shape index (κ3) is 2.58. The molecule has 2 N–H and O–H groups in total. The molecule has 1 atom stereocenters. The van der Waals surface area contributed by atoms with Crippen molar-refractivity contribution >= 4 is 11.5 Å². The Hall–Kier alpha value is -2.08. The average Bonchev–Trinajstić information content (AvgIpc) is 2.87. The van der Waals surface area contributed by atoms with Gasteiger partial charge in [0.05, 0.1) is 7.11 Å². The summed E-state index contributed by atoms with van der Waals surface area (Å²) < 4.78 is 7.11.